The molecule has 1 aliphatic heterocycles. The molecule has 1 heterocycles. The van der Waals surface area contributed by atoms with Gasteiger partial charge in [-0.25, -0.2) is 4.39 Å². The van der Waals surface area contributed by atoms with E-state index in [1.807, 2.05) is 0 Å². The van der Waals surface area contributed by atoms with Crippen LogP contribution in [0.25, 0.3) is 0 Å². The first-order chi connectivity index (χ1) is 7.97. The van der Waals surface area contributed by atoms with E-state index < -0.39 is 17.6 Å². The second kappa shape index (κ2) is 4.64. The van der Waals surface area contributed by atoms with E-state index in [0.29, 0.717) is 12.5 Å². The van der Waals surface area contributed by atoms with Gasteiger partial charge in [-0.05, 0) is 43.5 Å². The van der Waals surface area contributed by atoms with Crippen LogP contribution >= 0.6 is 0 Å². The maximum atomic E-state index is 12.9. The van der Waals surface area contributed by atoms with Crippen molar-refractivity contribution in [1.82, 2.24) is 5.32 Å². The number of halogens is 4. The van der Waals surface area contributed by atoms with Crippen LogP contribution in [-0.2, 0) is 12.6 Å². The second-order valence-corrected chi connectivity index (χ2v) is 4.30. The zero-order chi connectivity index (χ0) is 12.5. The van der Waals surface area contributed by atoms with Crippen LogP contribution in [0.5, 0.6) is 0 Å². The van der Waals surface area contributed by atoms with Crippen LogP contribution in [0, 0.1) is 5.82 Å². The molecule has 1 nitrogen and oxygen atoms in total. The summed E-state index contributed by atoms with van der Waals surface area (Å²) in [5.74, 6) is -0.847. The van der Waals surface area contributed by atoms with Crippen LogP contribution in [0.15, 0.2) is 18.2 Å². The maximum Gasteiger partial charge on any atom is 0.416 e. The molecule has 0 bridgehead atoms. The van der Waals surface area contributed by atoms with E-state index in [1.54, 1.807) is 0 Å². The zero-order valence-electron chi connectivity index (χ0n) is 9.15. The van der Waals surface area contributed by atoms with Crippen molar-refractivity contribution in [3.8, 4) is 0 Å². The van der Waals surface area contributed by atoms with Gasteiger partial charge in [-0.15, -0.1) is 0 Å². The lowest BCUT2D eigenvalue weighted by Gasteiger charge is -2.16. The molecule has 1 aliphatic rings. The Labute approximate surface area is 96.8 Å². The number of rotatable bonds is 2. The molecule has 1 aromatic rings. The van der Waals surface area contributed by atoms with Gasteiger partial charge in [0.1, 0.15) is 5.82 Å². The molecule has 1 unspecified atom stereocenters. The molecule has 2 rings (SSSR count). The average Bonchev–Trinajstić information content (AvgIpc) is 2.72. The molecular weight excluding hydrogens is 234 g/mol. The normalized spacial score (nSPS) is 20.8. The largest absolute Gasteiger partial charge is 0.416 e. The van der Waals surface area contributed by atoms with Crippen molar-refractivity contribution in [2.45, 2.75) is 31.5 Å². The Morgan fingerprint density at radius 3 is 2.65 bits per heavy atom. The lowest BCUT2D eigenvalue weighted by atomic mass is 9.99. The van der Waals surface area contributed by atoms with Crippen LogP contribution < -0.4 is 5.32 Å². The Bertz CT molecular complexity index is 394. The number of alkyl halides is 3. The van der Waals surface area contributed by atoms with Crippen molar-refractivity contribution in [3.05, 3.63) is 35.1 Å². The van der Waals surface area contributed by atoms with Gasteiger partial charge in [-0.2, -0.15) is 13.2 Å². The molecular formula is C12H13F4N. The van der Waals surface area contributed by atoms with Gasteiger partial charge in [0.25, 0.3) is 0 Å². The van der Waals surface area contributed by atoms with Crippen LogP contribution in [0.3, 0.4) is 0 Å². The van der Waals surface area contributed by atoms with Crippen molar-refractivity contribution in [2.24, 2.45) is 0 Å². The standard InChI is InChI=1S/C12H13F4N/c13-9-4-3-8(6-10-2-1-5-17-10)11(7-9)12(14,15)16/h3-4,7,10,17H,1-2,5-6H2. The lowest BCUT2D eigenvalue weighted by Crippen LogP contribution is -2.25. The monoisotopic (exact) mass is 247 g/mol. The van der Waals surface area contributed by atoms with Crippen molar-refractivity contribution >= 4 is 0 Å². The molecule has 1 N–H and O–H groups in total. The highest BCUT2D eigenvalue weighted by molar-refractivity contribution is 5.31. The molecule has 0 radical (unpaired) electrons. The average molecular weight is 247 g/mol. The molecule has 94 valence electrons. The van der Waals surface area contributed by atoms with E-state index in [4.69, 9.17) is 0 Å². The minimum Gasteiger partial charge on any atom is -0.314 e. The van der Waals surface area contributed by atoms with Crippen molar-refractivity contribution in [1.29, 1.82) is 0 Å². The first-order valence-electron chi connectivity index (χ1n) is 5.56. The zero-order valence-corrected chi connectivity index (χ0v) is 9.15. The van der Waals surface area contributed by atoms with E-state index in [2.05, 4.69) is 5.32 Å². The number of hydrogen-bond acceptors (Lipinski definition) is 1. The molecule has 0 saturated carbocycles. The molecule has 1 atom stereocenters. The first kappa shape index (κ1) is 12.4. The summed E-state index contributed by atoms with van der Waals surface area (Å²) in [5, 5.41) is 3.14. The summed E-state index contributed by atoms with van der Waals surface area (Å²) in [6.07, 6.45) is -2.34. The summed E-state index contributed by atoms with van der Waals surface area (Å²) in [6.45, 7) is 0.840. The van der Waals surface area contributed by atoms with E-state index in [1.165, 1.54) is 6.07 Å². The van der Waals surface area contributed by atoms with Crippen molar-refractivity contribution in [2.75, 3.05) is 6.54 Å². The lowest BCUT2D eigenvalue weighted by molar-refractivity contribution is -0.138. The molecule has 5 heteroatoms. The first-order valence-corrected chi connectivity index (χ1v) is 5.56. The van der Waals surface area contributed by atoms with E-state index in [9.17, 15) is 17.6 Å². The quantitative estimate of drug-likeness (QED) is 0.792. The highest BCUT2D eigenvalue weighted by atomic mass is 19.4. The molecule has 0 spiro atoms. The van der Waals surface area contributed by atoms with Gasteiger partial charge in [-0.3, -0.25) is 0 Å². The van der Waals surface area contributed by atoms with Crippen molar-refractivity contribution in [3.63, 3.8) is 0 Å². The summed E-state index contributed by atoms with van der Waals surface area (Å²) in [5.41, 5.74) is -0.690. The molecule has 0 aromatic heterocycles. The minimum absolute atomic E-state index is 0.0709. The SMILES string of the molecule is Fc1ccc(CC2CCCN2)c(C(F)(F)F)c1. The number of hydrogen-bond donors (Lipinski definition) is 1. The molecule has 17 heavy (non-hydrogen) atoms. The Balaban J connectivity index is 2.25. The Morgan fingerprint density at radius 2 is 2.06 bits per heavy atom. The van der Waals surface area contributed by atoms with E-state index >= 15 is 0 Å². The van der Waals surface area contributed by atoms with Gasteiger partial charge in [-0.1, -0.05) is 6.07 Å². The van der Waals surface area contributed by atoms with Crippen LogP contribution in [0.4, 0.5) is 17.6 Å². The Kier molecular flexibility index (Phi) is 3.38. The summed E-state index contributed by atoms with van der Waals surface area (Å²) in [7, 11) is 0. The van der Waals surface area contributed by atoms with Crippen LogP contribution in [0.1, 0.15) is 24.0 Å². The smallest absolute Gasteiger partial charge is 0.314 e. The van der Waals surface area contributed by atoms with E-state index in [0.717, 1.165) is 25.5 Å². The van der Waals surface area contributed by atoms with E-state index in [-0.39, 0.29) is 11.6 Å². The minimum atomic E-state index is -4.49. The van der Waals surface area contributed by atoms with Gasteiger partial charge in [0.2, 0.25) is 0 Å². The molecule has 1 aromatic carbocycles. The van der Waals surface area contributed by atoms with Gasteiger partial charge in [0.05, 0.1) is 5.56 Å². The fourth-order valence-electron chi connectivity index (χ4n) is 2.19. The summed E-state index contributed by atoms with van der Waals surface area (Å²) >= 11 is 0. The molecule has 0 aliphatic carbocycles. The molecule has 1 fully saturated rings. The topological polar surface area (TPSA) is 12.0 Å². The summed E-state index contributed by atoms with van der Waals surface area (Å²) in [4.78, 5) is 0. The van der Waals surface area contributed by atoms with Crippen LogP contribution in [-0.4, -0.2) is 12.6 Å². The third-order valence-corrected chi connectivity index (χ3v) is 3.01. The summed E-state index contributed by atoms with van der Waals surface area (Å²) < 4.78 is 51.0. The van der Waals surface area contributed by atoms with Crippen LogP contribution in [0.2, 0.25) is 0 Å². The predicted molar refractivity (Wildman–Crippen MR) is 56.1 cm³/mol. The number of benzene rings is 1. The second-order valence-electron chi connectivity index (χ2n) is 4.30. The highest BCUT2D eigenvalue weighted by Crippen LogP contribution is 2.33. The predicted octanol–water partition coefficient (Wildman–Crippen LogP) is 3.14. The third kappa shape index (κ3) is 2.97. The fourth-order valence-corrected chi connectivity index (χ4v) is 2.19. The molecule has 0 amide bonds. The van der Waals surface area contributed by atoms with Gasteiger partial charge in [0, 0.05) is 6.04 Å². The highest BCUT2D eigenvalue weighted by Gasteiger charge is 2.34. The van der Waals surface area contributed by atoms with Gasteiger partial charge >= 0.3 is 6.18 Å². The third-order valence-electron chi connectivity index (χ3n) is 3.01. The number of nitrogens with one attached hydrogen (secondary N) is 1. The van der Waals surface area contributed by atoms with Gasteiger partial charge in [0.15, 0.2) is 0 Å². The maximum absolute atomic E-state index is 12.9. The Hall–Kier alpha value is -1.10. The Morgan fingerprint density at radius 1 is 1.29 bits per heavy atom. The molecule has 1 saturated heterocycles. The summed E-state index contributed by atoms with van der Waals surface area (Å²) in [6, 6.07) is 2.96. The van der Waals surface area contributed by atoms with Gasteiger partial charge < -0.3 is 5.32 Å². The van der Waals surface area contributed by atoms with Crippen molar-refractivity contribution < 1.29 is 17.6 Å². The fraction of sp³-hybridized carbons (Fsp3) is 0.500.